The fourth-order valence-electron chi connectivity index (χ4n) is 0.723. The van der Waals surface area contributed by atoms with Gasteiger partial charge in [-0.05, 0) is 19.1 Å². The summed E-state index contributed by atoms with van der Waals surface area (Å²) in [6.07, 6.45) is 1.71. The van der Waals surface area contributed by atoms with E-state index in [4.69, 9.17) is 16.3 Å². The van der Waals surface area contributed by atoms with Crippen molar-refractivity contribution in [3.8, 4) is 0 Å². The van der Waals surface area contributed by atoms with Gasteiger partial charge < -0.3 is 4.74 Å². The molecule has 0 unspecified atom stereocenters. The Balaban J connectivity index is 0.000000671. The molecule has 0 aromatic carbocycles. The normalized spacial score (nSPS) is 8.92. The summed E-state index contributed by atoms with van der Waals surface area (Å²) in [5.41, 5.74) is 0.802. The summed E-state index contributed by atoms with van der Waals surface area (Å²) < 4.78 is 5.15. The van der Waals surface area contributed by atoms with Gasteiger partial charge in [-0.3, -0.25) is 4.98 Å². The Hall–Kier alpha value is -0.600. The van der Waals surface area contributed by atoms with Gasteiger partial charge in [-0.2, -0.15) is 0 Å². The summed E-state index contributed by atoms with van der Waals surface area (Å²) in [5, 5.41) is 0.668. The van der Waals surface area contributed by atoms with E-state index in [9.17, 15) is 0 Å². The van der Waals surface area contributed by atoms with Crippen LogP contribution in [0.25, 0.3) is 0 Å². The first kappa shape index (κ1) is 12.4. The number of pyridine rings is 1. The Morgan fingerprint density at radius 3 is 2.69 bits per heavy atom. The van der Waals surface area contributed by atoms with Crippen LogP contribution in [0.5, 0.6) is 0 Å². The number of halogens is 1. The van der Waals surface area contributed by atoms with Crippen LogP contribution in [0.3, 0.4) is 0 Å². The van der Waals surface area contributed by atoms with Crippen molar-refractivity contribution < 1.29 is 4.74 Å². The minimum Gasteiger partial charge on any atom is -0.375 e. The molecule has 0 spiro atoms. The molecule has 0 aliphatic carbocycles. The molecule has 0 aliphatic rings. The molecule has 13 heavy (non-hydrogen) atoms. The van der Waals surface area contributed by atoms with Crippen LogP contribution < -0.4 is 0 Å². The van der Waals surface area contributed by atoms with Crippen LogP contribution in [0.4, 0.5) is 0 Å². The molecule has 0 N–H and O–H groups in total. The lowest BCUT2D eigenvalue weighted by Crippen LogP contribution is -1.95. The summed E-state index contributed by atoms with van der Waals surface area (Å²) >= 11 is 5.82. The maximum Gasteiger partial charge on any atom is 0.0902 e. The zero-order valence-corrected chi connectivity index (χ0v) is 9.14. The van der Waals surface area contributed by atoms with Crippen LogP contribution in [0.15, 0.2) is 18.3 Å². The number of rotatable bonds is 3. The van der Waals surface area contributed by atoms with Crippen molar-refractivity contribution in [1.82, 2.24) is 4.98 Å². The molecule has 2 nitrogen and oxygen atoms in total. The van der Waals surface area contributed by atoms with E-state index in [0.29, 0.717) is 18.2 Å². The molecule has 0 saturated heterocycles. The molecule has 74 valence electrons. The van der Waals surface area contributed by atoms with Crippen molar-refractivity contribution in [3.63, 3.8) is 0 Å². The third-order valence-electron chi connectivity index (χ3n) is 1.28. The molecule has 0 amide bonds. The van der Waals surface area contributed by atoms with Crippen molar-refractivity contribution >= 4 is 11.6 Å². The zero-order chi connectivity index (χ0) is 10.1. The largest absolute Gasteiger partial charge is 0.375 e. The molecule has 0 fully saturated rings. The number of hydrogen-bond donors (Lipinski definition) is 0. The van der Waals surface area contributed by atoms with E-state index in [1.807, 2.05) is 26.8 Å². The lowest BCUT2D eigenvalue weighted by atomic mass is 10.4. The van der Waals surface area contributed by atoms with Crippen LogP contribution in [-0.2, 0) is 11.3 Å². The van der Waals surface area contributed by atoms with Crippen molar-refractivity contribution in [1.29, 1.82) is 0 Å². The maximum atomic E-state index is 5.82. The van der Waals surface area contributed by atoms with Crippen molar-refractivity contribution in [3.05, 3.63) is 29.0 Å². The van der Waals surface area contributed by atoms with Gasteiger partial charge in [-0.25, -0.2) is 0 Å². The van der Waals surface area contributed by atoms with Crippen molar-refractivity contribution in [2.24, 2.45) is 0 Å². The second-order valence-corrected chi connectivity index (χ2v) is 2.48. The van der Waals surface area contributed by atoms with E-state index >= 15 is 0 Å². The second-order valence-electron chi connectivity index (χ2n) is 2.07. The van der Waals surface area contributed by atoms with Crippen LogP contribution in [0.1, 0.15) is 26.5 Å². The average Bonchev–Trinajstić information content (AvgIpc) is 2.20. The van der Waals surface area contributed by atoms with Gasteiger partial charge in [0.2, 0.25) is 0 Å². The van der Waals surface area contributed by atoms with E-state index in [-0.39, 0.29) is 0 Å². The quantitative estimate of drug-likeness (QED) is 0.749. The summed E-state index contributed by atoms with van der Waals surface area (Å²) in [4.78, 5) is 4.06. The molecule has 1 rings (SSSR count). The van der Waals surface area contributed by atoms with Crippen molar-refractivity contribution in [2.75, 3.05) is 6.61 Å². The summed E-state index contributed by atoms with van der Waals surface area (Å²) in [6.45, 7) is 7.12. The Morgan fingerprint density at radius 1 is 1.46 bits per heavy atom. The molecule has 0 bridgehead atoms. The molecular formula is C10H16ClNO. The molecule has 3 heteroatoms. The topological polar surface area (TPSA) is 22.1 Å². The molecule has 0 aliphatic heterocycles. The molecule has 1 heterocycles. The smallest absolute Gasteiger partial charge is 0.0902 e. The fraction of sp³-hybridized carbons (Fsp3) is 0.500. The molecule has 1 aromatic rings. The predicted molar refractivity (Wildman–Crippen MR) is 55.9 cm³/mol. The highest BCUT2D eigenvalue weighted by molar-refractivity contribution is 6.31. The van der Waals surface area contributed by atoms with Crippen molar-refractivity contribution in [2.45, 2.75) is 27.4 Å². The average molecular weight is 202 g/mol. The second kappa shape index (κ2) is 8.02. The number of ether oxygens (including phenoxy) is 1. The lowest BCUT2D eigenvalue weighted by molar-refractivity contribution is 0.131. The molecular weight excluding hydrogens is 186 g/mol. The van der Waals surface area contributed by atoms with Gasteiger partial charge in [-0.15, -0.1) is 0 Å². The zero-order valence-electron chi connectivity index (χ0n) is 8.38. The summed E-state index contributed by atoms with van der Waals surface area (Å²) in [5.74, 6) is 0. The van der Waals surface area contributed by atoms with Gasteiger partial charge >= 0.3 is 0 Å². The third-order valence-corrected chi connectivity index (χ3v) is 1.62. The van der Waals surface area contributed by atoms with Crippen LogP contribution in [0.2, 0.25) is 5.02 Å². The van der Waals surface area contributed by atoms with Gasteiger partial charge in [0.05, 0.1) is 17.3 Å². The molecule has 1 aromatic heterocycles. The highest BCUT2D eigenvalue weighted by Crippen LogP contribution is 2.12. The van der Waals surface area contributed by atoms with E-state index < -0.39 is 0 Å². The van der Waals surface area contributed by atoms with E-state index in [1.165, 1.54) is 0 Å². The Morgan fingerprint density at radius 2 is 2.15 bits per heavy atom. The summed E-state index contributed by atoms with van der Waals surface area (Å²) in [7, 11) is 0. The minimum absolute atomic E-state index is 0.496. The van der Waals surface area contributed by atoms with Gasteiger partial charge in [0.25, 0.3) is 0 Å². The number of aromatic nitrogens is 1. The van der Waals surface area contributed by atoms with Gasteiger partial charge in [0.15, 0.2) is 0 Å². The monoisotopic (exact) mass is 201 g/mol. The Kier molecular flexibility index (Phi) is 7.65. The van der Waals surface area contributed by atoms with Gasteiger partial charge in [0.1, 0.15) is 0 Å². The first-order valence-electron chi connectivity index (χ1n) is 4.51. The predicted octanol–water partition coefficient (Wildman–Crippen LogP) is 3.30. The van der Waals surface area contributed by atoms with Crippen LogP contribution in [-0.4, -0.2) is 11.6 Å². The van der Waals surface area contributed by atoms with Gasteiger partial charge in [0, 0.05) is 12.8 Å². The highest BCUT2D eigenvalue weighted by Gasteiger charge is 1.98. The number of nitrogens with zero attached hydrogens (tertiary/aromatic N) is 1. The highest BCUT2D eigenvalue weighted by atomic mass is 35.5. The van der Waals surface area contributed by atoms with Crippen LogP contribution in [0, 0.1) is 0 Å². The van der Waals surface area contributed by atoms with E-state index in [0.717, 1.165) is 5.69 Å². The lowest BCUT2D eigenvalue weighted by Gasteiger charge is -2.01. The Labute approximate surface area is 84.9 Å². The fourth-order valence-corrected chi connectivity index (χ4v) is 0.899. The number of hydrogen-bond acceptors (Lipinski definition) is 2. The first-order valence-corrected chi connectivity index (χ1v) is 4.89. The minimum atomic E-state index is 0.496. The molecule has 0 atom stereocenters. The first-order chi connectivity index (χ1) is 6.34. The summed E-state index contributed by atoms with van der Waals surface area (Å²) in [6, 6.07) is 3.61. The van der Waals surface area contributed by atoms with E-state index in [2.05, 4.69) is 4.98 Å². The third kappa shape index (κ3) is 4.86. The maximum absolute atomic E-state index is 5.82. The van der Waals surface area contributed by atoms with Gasteiger partial charge in [-0.1, -0.05) is 25.4 Å². The van der Waals surface area contributed by atoms with Crippen LogP contribution >= 0.6 is 11.6 Å². The Bertz CT molecular complexity index is 228. The SMILES string of the molecule is CC.CCOCc1ncccc1Cl. The van der Waals surface area contributed by atoms with E-state index in [1.54, 1.807) is 12.3 Å². The molecule has 0 saturated carbocycles. The molecule has 0 radical (unpaired) electrons. The standard InChI is InChI=1S/C8H10ClNO.C2H6/c1-2-11-6-8-7(9)4-3-5-10-8;1-2/h3-5H,2,6H2,1H3;1-2H3.